The van der Waals surface area contributed by atoms with Crippen molar-refractivity contribution < 1.29 is 0 Å². The summed E-state index contributed by atoms with van der Waals surface area (Å²) in [5.41, 5.74) is 3.75. The van der Waals surface area contributed by atoms with Crippen LogP contribution >= 0.6 is 27.3 Å². The molecule has 0 aliphatic heterocycles. The lowest BCUT2D eigenvalue weighted by molar-refractivity contribution is 0.526. The smallest absolute Gasteiger partial charge is 0.304 e. The molecule has 1 aliphatic rings. The number of hydrogen-bond donors (Lipinski definition) is 2. The molecule has 0 saturated heterocycles. The molecule has 0 bridgehead atoms. The number of nitrogens with one attached hydrogen (secondary N) is 2. The SMILES string of the molecule is O=c1[nH]c(CNC2CCc3c(Br)cccc32)cs1. The van der Waals surface area contributed by atoms with Gasteiger partial charge in [0.2, 0.25) is 0 Å². The Balaban J connectivity index is 1.73. The molecule has 1 unspecified atom stereocenters. The van der Waals surface area contributed by atoms with Gasteiger partial charge in [0.15, 0.2) is 0 Å². The number of fused-ring (bicyclic) bond motifs is 1. The Morgan fingerprint density at radius 2 is 2.39 bits per heavy atom. The Morgan fingerprint density at radius 3 is 3.17 bits per heavy atom. The van der Waals surface area contributed by atoms with Gasteiger partial charge in [-0.25, -0.2) is 0 Å². The fourth-order valence-electron chi connectivity index (χ4n) is 2.46. The van der Waals surface area contributed by atoms with E-state index in [2.05, 4.69) is 44.4 Å². The van der Waals surface area contributed by atoms with E-state index in [1.54, 1.807) is 0 Å². The Bertz CT molecular complexity index is 619. The fourth-order valence-corrected chi connectivity index (χ4v) is 3.62. The molecule has 2 N–H and O–H groups in total. The minimum atomic E-state index is 0.0152. The first-order valence-electron chi connectivity index (χ1n) is 5.91. The van der Waals surface area contributed by atoms with Crippen molar-refractivity contribution in [2.45, 2.75) is 25.4 Å². The van der Waals surface area contributed by atoms with Crippen LogP contribution in [0.1, 0.15) is 29.3 Å². The third-order valence-electron chi connectivity index (χ3n) is 3.32. The topological polar surface area (TPSA) is 44.9 Å². The van der Waals surface area contributed by atoms with E-state index in [-0.39, 0.29) is 4.87 Å². The lowest BCUT2D eigenvalue weighted by atomic mass is 10.1. The molecule has 5 heteroatoms. The van der Waals surface area contributed by atoms with Crippen LogP contribution in [0.2, 0.25) is 0 Å². The molecule has 0 fully saturated rings. The van der Waals surface area contributed by atoms with Crippen LogP contribution in [0.4, 0.5) is 0 Å². The van der Waals surface area contributed by atoms with Gasteiger partial charge in [-0.15, -0.1) is 0 Å². The van der Waals surface area contributed by atoms with Crippen LogP contribution in [0, 0.1) is 0 Å². The number of halogens is 1. The van der Waals surface area contributed by atoms with Crippen molar-refractivity contribution in [3.05, 3.63) is 54.5 Å². The van der Waals surface area contributed by atoms with E-state index in [9.17, 15) is 4.79 Å². The molecular weight excluding hydrogens is 312 g/mol. The van der Waals surface area contributed by atoms with Crippen LogP contribution < -0.4 is 10.2 Å². The molecule has 3 rings (SSSR count). The second-order valence-corrected chi connectivity index (χ2v) is 6.15. The minimum absolute atomic E-state index is 0.0152. The highest BCUT2D eigenvalue weighted by molar-refractivity contribution is 9.10. The Kier molecular flexibility index (Phi) is 3.37. The van der Waals surface area contributed by atoms with Crippen molar-refractivity contribution in [1.29, 1.82) is 0 Å². The van der Waals surface area contributed by atoms with Crippen LogP contribution in [0.15, 0.2) is 32.8 Å². The van der Waals surface area contributed by atoms with E-state index in [4.69, 9.17) is 0 Å². The van der Waals surface area contributed by atoms with Gasteiger partial charge in [-0.2, -0.15) is 0 Å². The normalized spacial score (nSPS) is 17.9. The maximum atomic E-state index is 11.1. The van der Waals surface area contributed by atoms with Crippen LogP contribution in [-0.2, 0) is 13.0 Å². The van der Waals surface area contributed by atoms with Gasteiger partial charge in [-0.3, -0.25) is 4.79 Å². The van der Waals surface area contributed by atoms with Gasteiger partial charge < -0.3 is 10.3 Å². The second-order valence-electron chi connectivity index (χ2n) is 4.45. The second kappa shape index (κ2) is 4.99. The fraction of sp³-hybridized carbons (Fsp3) is 0.308. The minimum Gasteiger partial charge on any atom is -0.315 e. The zero-order valence-electron chi connectivity index (χ0n) is 9.70. The van der Waals surface area contributed by atoms with E-state index in [0.29, 0.717) is 6.04 Å². The lowest BCUT2D eigenvalue weighted by Gasteiger charge is -2.13. The number of aromatic amines is 1. The average molecular weight is 325 g/mol. The van der Waals surface area contributed by atoms with Crippen LogP contribution in [0.3, 0.4) is 0 Å². The Morgan fingerprint density at radius 1 is 1.50 bits per heavy atom. The van der Waals surface area contributed by atoms with E-state index < -0.39 is 0 Å². The van der Waals surface area contributed by atoms with Crippen molar-refractivity contribution in [1.82, 2.24) is 10.3 Å². The Labute approximate surface area is 117 Å². The maximum absolute atomic E-state index is 11.1. The quantitative estimate of drug-likeness (QED) is 0.911. The number of rotatable bonds is 3. The summed E-state index contributed by atoms with van der Waals surface area (Å²) in [6, 6.07) is 6.74. The van der Waals surface area contributed by atoms with Gasteiger partial charge in [-0.05, 0) is 30.0 Å². The summed E-state index contributed by atoms with van der Waals surface area (Å²) in [5.74, 6) is 0. The van der Waals surface area contributed by atoms with E-state index in [0.717, 1.165) is 25.1 Å². The van der Waals surface area contributed by atoms with Crippen molar-refractivity contribution >= 4 is 27.3 Å². The Hall–Kier alpha value is -0.910. The molecule has 3 nitrogen and oxygen atoms in total. The lowest BCUT2D eigenvalue weighted by Crippen LogP contribution is -2.19. The standard InChI is InChI=1S/C13H13BrN2OS/c14-11-3-1-2-10-9(11)4-5-12(10)15-6-8-7-18-13(17)16-8/h1-3,7,12,15H,4-6H2,(H,16,17). The number of hydrogen-bond acceptors (Lipinski definition) is 3. The maximum Gasteiger partial charge on any atom is 0.304 e. The highest BCUT2D eigenvalue weighted by Crippen LogP contribution is 2.35. The first-order chi connectivity index (χ1) is 8.74. The molecular formula is C13H13BrN2OS. The van der Waals surface area contributed by atoms with Crippen molar-refractivity contribution in [3.8, 4) is 0 Å². The van der Waals surface area contributed by atoms with Crippen molar-refractivity contribution in [2.24, 2.45) is 0 Å². The van der Waals surface area contributed by atoms with Gasteiger partial charge in [0.05, 0.1) is 0 Å². The zero-order chi connectivity index (χ0) is 12.5. The number of benzene rings is 1. The third kappa shape index (κ3) is 2.30. The first kappa shape index (κ1) is 12.1. The molecule has 1 atom stereocenters. The van der Waals surface area contributed by atoms with Crippen molar-refractivity contribution in [2.75, 3.05) is 0 Å². The molecule has 0 saturated carbocycles. The van der Waals surface area contributed by atoms with Gasteiger partial charge in [0.1, 0.15) is 0 Å². The highest BCUT2D eigenvalue weighted by Gasteiger charge is 2.23. The van der Waals surface area contributed by atoms with Gasteiger partial charge >= 0.3 is 4.87 Å². The monoisotopic (exact) mass is 324 g/mol. The molecule has 1 aromatic carbocycles. The van der Waals surface area contributed by atoms with E-state index >= 15 is 0 Å². The summed E-state index contributed by atoms with van der Waals surface area (Å²) in [4.78, 5) is 13.9. The zero-order valence-corrected chi connectivity index (χ0v) is 12.1. The molecule has 94 valence electrons. The summed E-state index contributed by atoms with van der Waals surface area (Å²) in [7, 11) is 0. The molecule has 0 spiro atoms. The largest absolute Gasteiger partial charge is 0.315 e. The summed E-state index contributed by atoms with van der Waals surface area (Å²) in [6.45, 7) is 0.718. The molecule has 0 radical (unpaired) electrons. The molecule has 0 amide bonds. The first-order valence-corrected chi connectivity index (χ1v) is 7.58. The van der Waals surface area contributed by atoms with E-state index in [1.165, 1.54) is 26.9 Å². The third-order valence-corrected chi connectivity index (χ3v) is 4.78. The highest BCUT2D eigenvalue weighted by atomic mass is 79.9. The van der Waals surface area contributed by atoms with Gasteiger partial charge in [0.25, 0.3) is 0 Å². The molecule has 1 aliphatic carbocycles. The molecule has 2 aromatic rings. The van der Waals surface area contributed by atoms with Crippen LogP contribution in [-0.4, -0.2) is 4.98 Å². The molecule has 1 aromatic heterocycles. The predicted octanol–water partition coefficient (Wildman–Crippen LogP) is 2.98. The summed E-state index contributed by atoms with van der Waals surface area (Å²) in [6.07, 6.45) is 2.22. The summed E-state index contributed by atoms with van der Waals surface area (Å²) >= 11 is 4.82. The summed E-state index contributed by atoms with van der Waals surface area (Å²) < 4.78 is 1.20. The van der Waals surface area contributed by atoms with Crippen molar-refractivity contribution in [3.63, 3.8) is 0 Å². The number of H-pyrrole nitrogens is 1. The molecule has 18 heavy (non-hydrogen) atoms. The van der Waals surface area contributed by atoms with Crippen LogP contribution in [0.25, 0.3) is 0 Å². The summed E-state index contributed by atoms with van der Waals surface area (Å²) in [5, 5.41) is 5.39. The average Bonchev–Trinajstić information content (AvgIpc) is 2.94. The van der Waals surface area contributed by atoms with E-state index in [1.807, 2.05) is 5.38 Å². The molecule has 1 heterocycles. The van der Waals surface area contributed by atoms with Crippen LogP contribution in [0.5, 0.6) is 0 Å². The predicted molar refractivity (Wildman–Crippen MR) is 77.0 cm³/mol. The van der Waals surface area contributed by atoms with Gasteiger partial charge in [0, 0.05) is 28.1 Å². The number of aromatic nitrogens is 1. The number of thiazole rings is 1. The van der Waals surface area contributed by atoms with Gasteiger partial charge in [-0.1, -0.05) is 39.4 Å².